The fourth-order valence-corrected chi connectivity index (χ4v) is 1.86. The van der Waals surface area contributed by atoms with Gasteiger partial charge in [-0.05, 0) is 6.07 Å². The summed E-state index contributed by atoms with van der Waals surface area (Å²) in [7, 11) is 1.64. The molecule has 0 saturated heterocycles. The Balaban J connectivity index is 2.41. The zero-order valence-electron chi connectivity index (χ0n) is 9.53. The fourth-order valence-electron chi connectivity index (χ4n) is 1.28. The highest BCUT2D eigenvalue weighted by molar-refractivity contribution is 7.99. The van der Waals surface area contributed by atoms with Crippen molar-refractivity contribution in [1.29, 1.82) is 0 Å². The lowest BCUT2D eigenvalue weighted by molar-refractivity contribution is 0.415. The predicted octanol–water partition coefficient (Wildman–Crippen LogP) is 2.61. The highest BCUT2D eigenvalue weighted by Gasteiger charge is 1.98. The van der Waals surface area contributed by atoms with Crippen molar-refractivity contribution in [2.45, 2.75) is 0 Å². The zero-order valence-corrected chi connectivity index (χ0v) is 10.3. The van der Waals surface area contributed by atoms with Crippen molar-refractivity contribution < 1.29 is 4.74 Å². The summed E-state index contributed by atoms with van der Waals surface area (Å²) in [5.74, 6) is 2.81. The van der Waals surface area contributed by atoms with E-state index in [2.05, 4.69) is 11.9 Å². The van der Waals surface area contributed by atoms with Crippen molar-refractivity contribution in [2.24, 2.45) is 0 Å². The molecule has 0 atom stereocenters. The van der Waals surface area contributed by atoms with Crippen molar-refractivity contribution >= 4 is 23.1 Å². The van der Waals surface area contributed by atoms with Crippen LogP contribution in [-0.2, 0) is 0 Å². The lowest BCUT2D eigenvalue weighted by atomic mass is 10.2. The number of nitrogen functional groups attached to an aromatic ring is 1. The van der Waals surface area contributed by atoms with Crippen molar-refractivity contribution in [3.8, 4) is 5.75 Å². The summed E-state index contributed by atoms with van der Waals surface area (Å²) < 4.78 is 5.14. The van der Waals surface area contributed by atoms with Crippen molar-refractivity contribution in [2.75, 3.05) is 36.2 Å². The fraction of sp³-hybridized carbons (Fsp3) is 0.333. The van der Waals surface area contributed by atoms with E-state index in [1.54, 1.807) is 13.2 Å². The van der Waals surface area contributed by atoms with E-state index >= 15 is 0 Å². The second kappa shape index (κ2) is 7.06. The number of hydrogen-bond donors (Lipinski definition) is 2. The van der Waals surface area contributed by atoms with Gasteiger partial charge in [0.2, 0.25) is 0 Å². The maximum Gasteiger partial charge on any atom is 0.122 e. The normalized spacial score (nSPS) is 9.81. The van der Waals surface area contributed by atoms with Gasteiger partial charge in [0.25, 0.3) is 0 Å². The molecule has 0 aliphatic heterocycles. The van der Waals surface area contributed by atoms with Crippen LogP contribution < -0.4 is 15.8 Å². The minimum atomic E-state index is 0.709. The first-order valence-corrected chi connectivity index (χ1v) is 6.29. The number of anilines is 2. The number of nitrogens with one attached hydrogen (secondary N) is 1. The molecule has 0 aromatic heterocycles. The molecule has 0 aliphatic carbocycles. The number of hydrogen-bond acceptors (Lipinski definition) is 4. The lowest BCUT2D eigenvalue weighted by Gasteiger charge is -2.09. The third-order valence-electron chi connectivity index (χ3n) is 1.98. The molecular formula is C12H18N2OS. The van der Waals surface area contributed by atoms with E-state index in [0.717, 1.165) is 29.5 Å². The number of thioether (sulfide) groups is 1. The van der Waals surface area contributed by atoms with E-state index in [0.29, 0.717) is 5.69 Å². The Morgan fingerprint density at radius 3 is 3.00 bits per heavy atom. The van der Waals surface area contributed by atoms with Crippen LogP contribution >= 0.6 is 11.8 Å². The molecule has 0 amide bonds. The van der Waals surface area contributed by atoms with Gasteiger partial charge < -0.3 is 15.8 Å². The molecule has 1 aromatic rings. The maximum atomic E-state index is 5.75. The first kappa shape index (κ1) is 12.8. The van der Waals surface area contributed by atoms with Crippen molar-refractivity contribution in [3.63, 3.8) is 0 Å². The summed E-state index contributed by atoms with van der Waals surface area (Å²) in [6.07, 6.45) is 1.91. The lowest BCUT2D eigenvalue weighted by Crippen LogP contribution is -2.05. The Kier molecular flexibility index (Phi) is 5.64. The second-order valence-electron chi connectivity index (χ2n) is 3.29. The molecule has 0 unspecified atom stereocenters. The van der Waals surface area contributed by atoms with Gasteiger partial charge in [0, 0.05) is 41.6 Å². The monoisotopic (exact) mass is 238 g/mol. The molecule has 3 N–H and O–H groups in total. The summed E-state index contributed by atoms with van der Waals surface area (Å²) in [5.41, 5.74) is 7.45. The summed E-state index contributed by atoms with van der Waals surface area (Å²) >= 11 is 1.84. The Morgan fingerprint density at radius 1 is 1.50 bits per heavy atom. The summed E-state index contributed by atoms with van der Waals surface area (Å²) in [6.45, 7) is 4.58. The quantitative estimate of drug-likeness (QED) is 0.435. The zero-order chi connectivity index (χ0) is 11.8. The average molecular weight is 238 g/mol. The Morgan fingerprint density at radius 2 is 2.31 bits per heavy atom. The van der Waals surface area contributed by atoms with Crippen LogP contribution in [0.25, 0.3) is 0 Å². The number of rotatable bonds is 7. The van der Waals surface area contributed by atoms with Gasteiger partial charge in [0.15, 0.2) is 0 Å². The molecule has 0 bridgehead atoms. The molecule has 16 heavy (non-hydrogen) atoms. The maximum absolute atomic E-state index is 5.75. The van der Waals surface area contributed by atoms with E-state index in [9.17, 15) is 0 Å². The van der Waals surface area contributed by atoms with Gasteiger partial charge >= 0.3 is 0 Å². The topological polar surface area (TPSA) is 47.3 Å². The molecular weight excluding hydrogens is 220 g/mol. The Bertz CT molecular complexity index is 342. The van der Waals surface area contributed by atoms with E-state index in [1.807, 2.05) is 30.0 Å². The molecule has 0 fully saturated rings. The number of benzene rings is 1. The second-order valence-corrected chi connectivity index (χ2v) is 4.44. The van der Waals surface area contributed by atoms with Crippen LogP contribution in [0.1, 0.15) is 0 Å². The molecule has 3 nitrogen and oxygen atoms in total. The van der Waals surface area contributed by atoms with Crippen LogP contribution in [0.15, 0.2) is 30.9 Å². The van der Waals surface area contributed by atoms with Gasteiger partial charge in [-0.15, -0.1) is 6.58 Å². The molecule has 0 saturated carbocycles. The van der Waals surface area contributed by atoms with Gasteiger partial charge in [0.05, 0.1) is 7.11 Å². The molecule has 0 aliphatic rings. The number of nitrogens with two attached hydrogens (primary N) is 1. The van der Waals surface area contributed by atoms with Gasteiger partial charge in [0.1, 0.15) is 5.75 Å². The van der Waals surface area contributed by atoms with E-state index in [1.165, 1.54) is 0 Å². The van der Waals surface area contributed by atoms with Crippen LogP contribution in [0.5, 0.6) is 5.75 Å². The van der Waals surface area contributed by atoms with Crippen LogP contribution in [0.3, 0.4) is 0 Å². The van der Waals surface area contributed by atoms with Gasteiger partial charge in [-0.1, -0.05) is 6.08 Å². The molecule has 0 spiro atoms. The number of methoxy groups -OCH3 is 1. The summed E-state index contributed by atoms with van der Waals surface area (Å²) in [5, 5.41) is 3.30. The van der Waals surface area contributed by atoms with E-state index < -0.39 is 0 Å². The first-order chi connectivity index (χ1) is 7.76. The predicted molar refractivity (Wildman–Crippen MR) is 73.4 cm³/mol. The molecule has 0 radical (unpaired) electrons. The van der Waals surface area contributed by atoms with Crippen molar-refractivity contribution in [3.05, 3.63) is 30.9 Å². The standard InChI is InChI=1S/C12H18N2OS/c1-3-5-16-6-4-14-11-7-10(13)8-12(9-11)15-2/h3,7-9,14H,1,4-6,13H2,2H3. The van der Waals surface area contributed by atoms with E-state index in [4.69, 9.17) is 10.5 Å². The van der Waals surface area contributed by atoms with Crippen LogP contribution in [0, 0.1) is 0 Å². The SMILES string of the molecule is C=CCSCCNc1cc(N)cc(OC)c1. The molecule has 0 heterocycles. The Labute approximate surface area is 101 Å². The van der Waals surface area contributed by atoms with Crippen molar-refractivity contribution in [1.82, 2.24) is 0 Å². The Hall–Kier alpha value is -1.29. The highest BCUT2D eigenvalue weighted by Crippen LogP contribution is 2.22. The van der Waals surface area contributed by atoms with Gasteiger partial charge in [-0.3, -0.25) is 0 Å². The number of ether oxygens (including phenoxy) is 1. The molecule has 1 aromatic carbocycles. The molecule has 4 heteroatoms. The van der Waals surface area contributed by atoms with Crippen LogP contribution in [0.2, 0.25) is 0 Å². The minimum absolute atomic E-state index is 0.709. The van der Waals surface area contributed by atoms with Gasteiger partial charge in [-0.2, -0.15) is 11.8 Å². The molecule has 88 valence electrons. The average Bonchev–Trinajstić information content (AvgIpc) is 2.28. The van der Waals surface area contributed by atoms with Gasteiger partial charge in [-0.25, -0.2) is 0 Å². The third kappa shape index (κ3) is 4.49. The smallest absolute Gasteiger partial charge is 0.122 e. The van der Waals surface area contributed by atoms with Crippen LogP contribution in [-0.4, -0.2) is 25.2 Å². The highest BCUT2D eigenvalue weighted by atomic mass is 32.2. The summed E-state index contributed by atoms with van der Waals surface area (Å²) in [4.78, 5) is 0. The van der Waals surface area contributed by atoms with Crippen LogP contribution in [0.4, 0.5) is 11.4 Å². The van der Waals surface area contributed by atoms with E-state index in [-0.39, 0.29) is 0 Å². The molecule has 1 rings (SSSR count). The minimum Gasteiger partial charge on any atom is -0.497 e. The first-order valence-electron chi connectivity index (χ1n) is 5.13. The summed E-state index contributed by atoms with van der Waals surface area (Å²) in [6, 6.07) is 5.65. The largest absolute Gasteiger partial charge is 0.497 e. The third-order valence-corrected chi connectivity index (χ3v) is 2.94.